The minimum Gasteiger partial charge on any atom is -0.497 e. The molecule has 0 amide bonds. The van der Waals surface area contributed by atoms with Gasteiger partial charge in [-0.1, -0.05) is 93.6 Å². The normalized spacial score (nSPS) is 20.8. The number of likely N-dealkylation sites (tertiary alicyclic amines) is 1. The van der Waals surface area contributed by atoms with Gasteiger partial charge in [0.2, 0.25) is 0 Å². The van der Waals surface area contributed by atoms with E-state index in [0.29, 0.717) is 6.61 Å². The van der Waals surface area contributed by atoms with Crippen LogP contribution < -0.4 is 4.74 Å². The first-order valence-corrected chi connectivity index (χ1v) is 16.3. The second-order valence-corrected chi connectivity index (χ2v) is 16.5. The molecule has 0 aliphatic carbocycles. The molecule has 0 N–H and O–H groups in total. The average molecular weight is 518 g/mol. The number of nitrogens with zero attached hydrogens (tertiary/aromatic N) is 1. The summed E-state index contributed by atoms with van der Waals surface area (Å²) in [5.41, 5.74) is 3.79. The monoisotopic (exact) mass is 517 g/mol. The van der Waals surface area contributed by atoms with Gasteiger partial charge in [-0.05, 0) is 53.4 Å². The van der Waals surface area contributed by atoms with Gasteiger partial charge < -0.3 is 13.9 Å². The number of methoxy groups -OCH3 is 1. The summed E-state index contributed by atoms with van der Waals surface area (Å²) < 4.78 is 19.3. The van der Waals surface area contributed by atoms with Crippen LogP contribution in [0.3, 0.4) is 0 Å². The van der Waals surface area contributed by atoms with Gasteiger partial charge in [0, 0.05) is 19.1 Å². The van der Waals surface area contributed by atoms with Crippen molar-refractivity contribution in [3.63, 3.8) is 0 Å². The zero-order valence-corrected chi connectivity index (χ0v) is 24.3. The Kier molecular flexibility index (Phi) is 8.91. The maximum absolute atomic E-state index is 7.09. The molecule has 4 nitrogen and oxygen atoms in total. The highest BCUT2D eigenvalue weighted by molar-refractivity contribution is 6.74. The van der Waals surface area contributed by atoms with Crippen molar-refractivity contribution >= 4 is 8.32 Å². The van der Waals surface area contributed by atoms with E-state index in [1.165, 1.54) is 16.7 Å². The van der Waals surface area contributed by atoms with Gasteiger partial charge in [-0.25, -0.2) is 0 Å². The Morgan fingerprint density at radius 3 is 1.97 bits per heavy atom. The third-order valence-electron chi connectivity index (χ3n) is 8.00. The number of rotatable bonds is 10. The molecule has 4 rings (SSSR count). The molecular weight excluding hydrogens is 474 g/mol. The molecule has 0 bridgehead atoms. The van der Waals surface area contributed by atoms with Crippen LogP contribution >= 0.6 is 0 Å². The maximum Gasteiger partial charge on any atom is 0.192 e. The van der Waals surface area contributed by atoms with Crippen LogP contribution in [0.5, 0.6) is 5.75 Å². The molecule has 0 spiro atoms. The molecule has 1 aliphatic rings. The van der Waals surface area contributed by atoms with E-state index >= 15 is 0 Å². The minimum atomic E-state index is -2.00. The Morgan fingerprint density at radius 1 is 0.811 bits per heavy atom. The van der Waals surface area contributed by atoms with Gasteiger partial charge in [0.1, 0.15) is 5.75 Å². The Balaban J connectivity index is 1.65. The third kappa shape index (κ3) is 7.11. The molecule has 198 valence electrons. The molecular formula is C32H43NO3Si. The molecule has 3 aromatic rings. The lowest BCUT2D eigenvalue weighted by molar-refractivity contribution is -0.0322. The summed E-state index contributed by atoms with van der Waals surface area (Å²) in [6, 6.07) is 29.9. The molecule has 0 radical (unpaired) electrons. The number of benzene rings is 3. The standard InChI is InChI=1S/C32H43NO3Si/c1-32(2,3)37(5,6)36-30-23-33(22-26-13-9-7-10-14-26)29(21-25-17-19-28(34-4)20-18-25)31(30)35-24-27-15-11-8-12-16-27/h7-20,29-31H,21-24H2,1-6H3/t29-,30+,31+/m1/s1. The lowest BCUT2D eigenvalue weighted by Gasteiger charge is -2.39. The summed E-state index contributed by atoms with van der Waals surface area (Å²) in [7, 11) is -0.287. The van der Waals surface area contributed by atoms with Crippen LogP contribution in [-0.4, -0.2) is 45.1 Å². The highest BCUT2D eigenvalue weighted by Crippen LogP contribution is 2.40. The van der Waals surface area contributed by atoms with Crippen LogP contribution in [0, 0.1) is 0 Å². The first-order valence-electron chi connectivity index (χ1n) is 13.4. The molecule has 0 saturated carbocycles. The lowest BCUT2D eigenvalue weighted by atomic mass is 10.0. The molecule has 5 heteroatoms. The first-order chi connectivity index (χ1) is 17.7. The second kappa shape index (κ2) is 12.0. The molecule has 1 heterocycles. The largest absolute Gasteiger partial charge is 0.497 e. The predicted octanol–water partition coefficient (Wildman–Crippen LogP) is 7.10. The predicted molar refractivity (Wildman–Crippen MR) is 154 cm³/mol. The van der Waals surface area contributed by atoms with Crippen molar-refractivity contribution in [3.05, 3.63) is 102 Å². The van der Waals surface area contributed by atoms with Gasteiger partial charge in [-0.3, -0.25) is 4.90 Å². The fourth-order valence-corrected chi connectivity index (χ4v) is 6.14. The van der Waals surface area contributed by atoms with Gasteiger partial charge in [0.25, 0.3) is 0 Å². The Labute approximate surface area is 224 Å². The molecule has 1 aliphatic heterocycles. The van der Waals surface area contributed by atoms with Crippen LogP contribution in [0.2, 0.25) is 18.1 Å². The summed E-state index contributed by atoms with van der Waals surface area (Å²) in [5, 5.41) is 0.134. The van der Waals surface area contributed by atoms with Gasteiger partial charge in [-0.2, -0.15) is 0 Å². The molecule has 3 aromatic carbocycles. The van der Waals surface area contributed by atoms with Crippen molar-refractivity contribution in [1.29, 1.82) is 0 Å². The minimum absolute atomic E-state index is 0.0246. The number of hydrogen-bond donors (Lipinski definition) is 0. The Bertz CT molecular complexity index is 1100. The molecule has 3 atom stereocenters. The summed E-state index contributed by atoms with van der Waals surface area (Å²) in [6.07, 6.45) is 0.893. The molecule has 1 fully saturated rings. The van der Waals surface area contributed by atoms with Gasteiger partial charge in [0.05, 0.1) is 25.9 Å². The van der Waals surface area contributed by atoms with Crippen LogP contribution in [0.15, 0.2) is 84.9 Å². The van der Waals surface area contributed by atoms with E-state index in [4.69, 9.17) is 13.9 Å². The quantitative estimate of drug-likeness (QED) is 0.268. The number of hydrogen-bond acceptors (Lipinski definition) is 4. The van der Waals surface area contributed by atoms with Crippen molar-refractivity contribution in [2.24, 2.45) is 0 Å². The maximum atomic E-state index is 7.09. The average Bonchev–Trinajstić information content (AvgIpc) is 3.18. The summed E-state index contributed by atoms with van der Waals surface area (Å²) >= 11 is 0. The van der Waals surface area contributed by atoms with Crippen molar-refractivity contribution in [3.8, 4) is 5.75 Å². The number of ether oxygens (including phenoxy) is 2. The summed E-state index contributed by atoms with van der Waals surface area (Å²) in [4.78, 5) is 2.58. The Morgan fingerprint density at radius 2 is 1.41 bits per heavy atom. The van der Waals surface area contributed by atoms with Crippen LogP contribution in [-0.2, 0) is 28.7 Å². The van der Waals surface area contributed by atoms with Crippen molar-refractivity contribution in [2.45, 2.75) is 76.7 Å². The third-order valence-corrected chi connectivity index (χ3v) is 12.5. The van der Waals surface area contributed by atoms with E-state index < -0.39 is 8.32 Å². The fraction of sp³-hybridized carbons (Fsp3) is 0.438. The zero-order chi connectivity index (χ0) is 26.5. The van der Waals surface area contributed by atoms with E-state index in [2.05, 4.69) is 124 Å². The van der Waals surface area contributed by atoms with Crippen LogP contribution in [0.1, 0.15) is 37.5 Å². The molecule has 0 aromatic heterocycles. The second-order valence-electron chi connectivity index (χ2n) is 11.7. The van der Waals surface area contributed by atoms with Gasteiger partial charge in [-0.15, -0.1) is 0 Å². The topological polar surface area (TPSA) is 30.9 Å². The van der Waals surface area contributed by atoms with Gasteiger partial charge >= 0.3 is 0 Å². The van der Waals surface area contributed by atoms with Crippen LogP contribution in [0.25, 0.3) is 0 Å². The van der Waals surface area contributed by atoms with E-state index in [9.17, 15) is 0 Å². The van der Waals surface area contributed by atoms with Crippen molar-refractivity contribution in [2.75, 3.05) is 13.7 Å². The van der Waals surface area contributed by atoms with E-state index in [1.54, 1.807) is 7.11 Å². The summed E-state index contributed by atoms with van der Waals surface area (Å²) in [5.74, 6) is 0.882. The van der Waals surface area contributed by atoms with Crippen molar-refractivity contribution < 1.29 is 13.9 Å². The molecule has 37 heavy (non-hydrogen) atoms. The highest BCUT2D eigenvalue weighted by Gasteiger charge is 2.48. The first kappa shape index (κ1) is 27.6. The van der Waals surface area contributed by atoms with Crippen molar-refractivity contribution in [1.82, 2.24) is 4.90 Å². The highest BCUT2D eigenvalue weighted by atomic mass is 28.4. The van der Waals surface area contributed by atoms with E-state index in [-0.39, 0.29) is 23.3 Å². The smallest absolute Gasteiger partial charge is 0.192 e. The molecule has 0 unspecified atom stereocenters. The van der Waals surface area contributed by atoms with E-state index in [1.807, 2.05) is 0 Å². The molecule has 1 saturated heterocycles. The van der Waals surface area contributed by atoms with Crippen LogP contribution in [0.4, 0.5) is 0 Å². The van der Waals surface area contributed by atoms with E-state index in [0.717, 1.165) is 25.3 Å². The SMILES string of the molecule is COc1ccc(C[C@@H]2[C@H](OCc3ccccc3)[C@@H](O[Si](C)(C)C(C)(C)C)CN2Cc2ccccc2)cc1. The zero-order valence-electron chi connectivity index (χ0n) is 23.3. The fourth-order valence-electron chi connectivity index (χ4n) is 4.82. The Hall–Kier alpha value is -2.44. The lowest BCUT2D eigenvalue weighted by Crippen LogP contribution is -2.48. The van der Waals surface area contributed by atoms with Gasteiger partial charge in [0.15, 0.2) is 8.32 Å². The summed E-state index contributed by atoms with van der Waals surface area (Å²) in [6.45, 7) is 14.0.